The molecular formula is C19H19N3O. The Kier molecular flexibility index (Phi) is 3.58. The maximum atomic E-state index is 13.2. The zero-order valence-corrected chi connectivity index (χ0v) is 13.0. The molecule has 4 rings (SSSR count). The zero-order valence-electron chi connectivity index (χ0n) is 13.0. The Hall–Kier alpha value is -2.62. The van der Waals surface area contributed by atoms with Crippen LogP contribution in [0.5, 0.6) is 0 Å². The summed E-state index contributed by atoms with van der Waals surface area (Å²) >= 11 is 0. The Morgan fingerprint density at radius 1 is 0.913 bits per heavy atom. The van der Waals surface area contributed by atoms with Crippen LogP contribution in [0, 0.1) is 0 Å². The third kappa shape index (κ3) is 2.50. The lowest BCUT2D eigenvalue weighted by Crippen LogP contribution is -2.35. The minimum atomic E-state index is 0.0179. The van der Waals surface area contributed by atoms with Crippen LogP contribution >= 0.6 is 0 Å². The predicted octanol–water partition coefficient (Wildman–Crippen LogP) is 3.38. The second kappa shape index (κ2) is 5.88. The summed E-state index contributed by atoms with van der Waals surface area (Å²) in [6.45, 7) is 1.91. The van der Waals surface area contributed by atoms with E-state index in [9.17, 15) is 4.79 Å². The van der Waals surface area contributed by atoms with Gasteiger partial charge in [-0.15, -0.1) is 0 Å². The van der Waals surface area contributed by atoms with E-state index in [0.29, 0.717) is 5.65 Å². The average Bonchev–Trinajstić information content (AvgIpc) is 2.63. The molecule has 4 heteroatoms. The lowest BCUT2D eigenvalue weighted by molar-refractivity contribution is 0.575. The standard InChI is InChI=1S/C19H19N3O/c23-19-17(21-12-5-2-6-13-21)14-15-8-7-11-20-18(15)22(19)16-9-3-1-4-10-16/h1,3-4,7-11,14H,2,5-6,12-13H2. The SMILES string of the molecule is O=c1c(N2CCCCC2)cc2cccnc2n1-c1ccccc1. The summed E-state index contributed by atoms with van der Waals surface area (Å²) < 4.78 is 1.74. The molecule has 0 spiro atoms. The van der Waals surface area contributed by atoms with Crippen LogP contribution in [-0.2, 0) is 0 Å². The largest absolute Gasteiger partial charge is 0.367 e. The van der Waals surface area contributed by atoms with E-state index in [2.05, 4.69) is 9.88 Å². The Morgan fingerprint density at radius 3 is 2.48 bits per heavy atom. The maximum absolute atomic E-state index is 13.2. The molecule has 0 atom stereocenters. The summed E-state index contributed by atoms with van der Waals surface area (Å²) in [4.78, 5) is 19.8. The smallest absolute Gasteiger partial charge is 0.280 e. The van der Waals surface area contributed by atoms with Crippen LogP contribution < -0.4 is 10.5 Å². The van der Waals surface area contributed by atoms with Crippen molar-refractivity contribution >= 4 is 16.7 Å². The summed E-state index contributed by atoms with van der Waals surface area (Å²) in [5.41, 5.74) is 2.38. The minimum absolute atomic E-state index is 0.0179. The molecule has 2 aromatic heterocycles. The van der Waals surface area contributed by atoms with Crippen molar-refractivity contribution in [2.45, 2.75) is 19.3 Å². The highest BCUT2D eigenvalue weighted by atomic mass is 16.1. The lowest BCUT2D eigenvalue weighted by Gasteiger charge is -2.28. The molecule has 0 saturated carbocycles. The molecule has 1 saturated heterocycles. The van der Waals surface area contributed by atoms with E-state index in [0.717, 1.165) is 42.7 Å². The van der Waals surface area contributed by atoms with Gasteiger partial charge in [-0.05, 0) is 49.6 Å². The van der Waals surface area contributed by atoms with Crippen LogP contribution in [0.4, 0.5) is 5.69 Å². The number of pyridine rings is 2. The topological polar surface area (TPSA) is 38.1 Å². The van der Waals surface area contributed by atoms with Crippen LogP contribution in [0.1, 0.15) is 19.3 Å². The minimum Gasteiger partial charge on any atom is -0.367 e. The zero-order chi connectivity index (χ0) is 15.6. The first-order chi connectivity index (χ1) is 11.3. The van der Waals surface area contributed by atoms with Crippen molar-refractivity contribution in [1.29, 1.82) is 0 Å². The number of hydrogen-bond acceptors (Lipinski definition) is 3. The van der Waals surface area contributed by atoms with E-state index in [-0.39, 0.29) is 5.56 Å². The van der Waals surface area contributed by atoms with Gasteiger partial charge in [0.2, 0.25) is 0 Å². The molecule has 0 N–H and O–H groups in total. The molecule has 1 aliphatic heterocycles. The first-order valence-corrected chi connectivity index (χ1v) is 8.16. The highest BCUT2D eigenvalue weighted by Gasteiger charge is 2.18. The molecule has 116 valence electrons. The number of anilines is 1. The van der Waals surface area contributed by atoms with E-state index < -0.39 is 0 Å². The van der Waals surface area contributed by atoms with Gasteiger partial charge < -0.3 is 4.90 Å². The van der Waals surface area contributed by atoms with Gasteiger partial charge in [0.1, 0.15) is 11.3 Å². The third-order valence-corrected chi connectivity index (χ3v) is 4.45. The van der Waals surface area contributed by atoms with Crippen molar-refractivity contribution in [2.75, 3.05) is 18.0 Å². The van der Waals surface area contributed by atoms with E-state index in [1.165, 1.54) is 6.42 Å². The highest BCUT2D eigenvalue weighted by molar-refractivity contribution is 5.80. The fourth-order valence-corrected chi connectivity index (χ4v) is 3.31. The molecule has 0 bridgehead atoms. The van der Waals surface area contributed by atoms with Gasteiger partial charge in [0.25, 0.3) is 5.56 Å². The normalized spacial score (nSPS) is 15.0. The number of benzene rings is 1. The molecule has 0 unspecified atom stereocenters. The van der Waals surface area contributed by atoms with Gasteiger partial charge in [-0.25, -0.2) is 4.98 Å². The van der Waals surface area contributed by atoms with Gasteiger partial charge in [0.15, 0.2) is 0 Å². The van der Waals surface area contributed by atoms with Crippen LogP contribution in [0.3, 0.4) is 0 Å². The number of nitrogens with zero attached hydrogens (tertiary/aromatic N) is 3. The van der Waals surface area contributed by atoms with Crippen LogP contribution in [-0.4, -0.2) is 22.6 Å². The second-order valence-corrected chi connectivity index (χ2v) is 5.97. The third-order valence-electron chi connectivity index (χ3n) is 4.45. The molecule has 1 aromatic carbocycles. The summed E-state index contributed by atoms with van der Waals surface area (Å²) in [6, 6.07) is 15.7. The average molecular weight is 305 g/mol. The fraction of sp³-hybridized carbons (Fsp3) is 0.263. The summed E-state index contributed by atoms with van der Waals surface area (Å²) in [7, 11) is 0. The van der Waals surface area contributed by atoms with Gasteiger partial charge >= 0.3 is 0 Å². The van der Waals surface area contributed by atoms with Gasteiger partial charge in [0, 0.05) is 24.7 Å². The first-order valence-electron chi connectivity index (χ1n) is 8.16. The van der Waals surface area contributed by atoms with Crippen molar-refractivity contribution < 1.29 is 0 Å². The number of piperidine rings is 1. The van der Waals surface area contributed by atoms with Gasteiger partial charge in [-0.3, -0.25) is 9.36 Å². The van der Waals surface area contributed by atoms with Gasteiger partial charge in [0.05, 0.1) is 5.69 Å². The fourth-order valence-electron chi connectivity index (χ4n) is 3.31. The van der Waals surface area contributed by atoms with Crippen LogP contribution in [0.25, 0.3) is 16.7 Å². The lowest BCUT2D eigenvalue weighted by atomic mass is 10.1. The Labute approximate surface area is 135 Å². The van der Waals surface area contributed by atoms with Crippen molar-refractivity contribution in [3.8, 4) is 5.69 Å². The molecule has 1 fully saturated rings. The van der Waals surface area contributed by atoms with Gasteiger partial charge in [-0.2, -0.15) is 0 Å². The number of fused-ring (bicyclic) bond motifs is 1. The van der Waals surface area contributed by atoms with E-state index in [1.807, 2.05) is 48.5 Å². The molecule has 23 heavy (non-hydrogen) atoms. The molecule has 4 nitrogen and oxygen atoms in total. The summed E-state index contributed by atoms with van der Waals surface area (Å²) in [5.74, 6) is 0. The van der Waals surface area contributed by atoms with Crippen LogP contribution in [0.2, 0.25) is 0 Å². The predicted molar refractivity (Wildman–Crippen MR) is 93.4 cm³/mol. The van der Waals surface area contributed by atoms with E-state index >= 15 is 0 Å². The van der Waals surface area contributed by atoms with Gasteiger partial charge in [-0.1, -0.05) is 18.2 Å². The summed E-state index contributed by atoms with van der Waals surface area (Å²) in [5, 5.41) is 0.997. The molecule has 0 amide bonds. The van der Waals surface area contributed by atoms with Crippen molar-refractivity contribution in [3.63, 3.8) is 0 Å². The van der Waals surface area contributed by atoms with Crippen molar-refractivity contribution in [1.82, 2.24) is 9.55 Å². The molecule has 0 aliphatic carbocycles. The first kappa shape index (κ1) is 14.0. The molecule has 3 aromatic rings. The summed E-state index contributed by atoms with van der Waals surface area (Å²) in [6.07, 6.45) is 5.28. The number of aromatic nitrogens is 2. The van der Waals surface area contributed by atoms with Crippen molar-refractivity contribution in [3.05, 3.63) is 65.1 Å². The molecular weight excluding hydrogens is 286 g/mol. The Balaban J connectivity index is 1.99. The number of para-hydroxylation sites is 1. The number of rotatable bonds is 2. The Bertz CT molecular complexity index is 880. The second-order valence-electron chi connectivity index (χ2n) is 5.97. The molecule has 3 heterocycles. The van der Waals surface area contributed by atoms with E-state index in [1.54, 1.807) is 10.8 Å². The van der Waals surface area contributed by atoms with Crippen LogP contribution in [0.15, 0.2) is 59.5 Å². The molecule has 1 aliphatic rings. The van der Waals surface area contributed by atoms with Crippen molar-refractivity contribution in [2.24, 2.45) is 0 Å². The maximum Gasteiger partial charge on any atom is 0.280 e. The number of hydrogen-bond donors (Lipinski definition) is 0. The monoisotopic (exact) mass is 305 g/mol. The Morgan fingerprint density at radius 2 is 1.70 bits per heavy atom. The quantitative estimate of drug-likeness (QED) is 0.728. The van der Waals surface area contributed by atoms with E-state index in [4.69, 9.17) is 0 Å². The molecule has 0 radical (unpaired) electrons. The highest BCUT2D eigenvalue weighted by Crippen LogP contribution is 2.22.